The zero-order valence-electron chi connectivity index (χ0n) is 29.4. The minimum atomic E-state index is 0.902. The summed E-state index contributed by atoms with van der Waals surface area (Å²) >= 11 is 6.00. The molecule has 0 bridgehead atoms. The van der Waals surface area contributed by atoms with Gasteiger partial charge in [-0.25, -0.2) is 0 Å². The Balaban J connectivity index is 0.00000128. The third-order valence-electron chi connectivity index (χ3n) is 10.4. The maximum atomic E-state index is 5.37. The first-order chi connectivity index (χ1) is 27.2. The monoisotopic (exact) mass is 876 g/mol. The fourth-order valence-electron chi connectivity index (χ4n) is 7.90. The fraction of sp³-hybridized carbons (Fsp3) is 0. The molecule has 0 aliphatic carbocycles. The second kappa shape index (κ2) is 15.7. The van der Waals surface area contributed by atoms with Crippen LogP contribution < -0.4 is 0 Å². The first-order valence-corrected chi connectivity index (χ1v) is 22.9. The predicted octanol–water partition coefficient (Wildman–Crippen LogP) is 15.5. The summed E-state index contributed by atoms with van der Waals surface area (Å²) in [4.78, 5) is 10.7. The van der Waals surface area contributed by atoms with Crippen molar-refractivity contribution in [1.82, 2.24) is 0 Å². The first-order valence-electron chi connectivity index (χ1n) is 18.0. The van der Waals surface area contributed by atoms with Gasteiger partial charge in [-0.2, -0.15) is 0 Å². The van der Waals surface area contributed by atoms with Crippen LogP contribution in [-0.4, -0.2) is 12.4 Å². The van der Waals surface area contributed by atoms with Crippen LogP contribution in [0.15, 0.2) is 192 Å². The van der Waals surface area contributed by atoms with E-state index >= 15 is 0 Å². The molecule has 2 nitrogen and oxygen atoms in total. The van der Waals surface area contributed by atoms with Crippen LogP contribution in [0.5, 0.6) is 0 Å². The molecule has 0 heterocycles. The van der Waals surface area contributed by atoms with E-state index in [1.54, 1.807) is 0 Å². The van der Waals surface area contributed by atoms with Gasteiger partial charge in [0.15, 0.2) is 0 Å². The zero-order valence-corrected chi connectivity index (χ0v) is 33.6. The van der Waals surface area contributed by atoms with Crippen molar-refractivity contribution in [1.29, 1.82) is 0 Å². The number of halogens is 2. The van der Waals surface area contributed by atoms with E-state index in [0.717, 1.165) is 55.2 Å². The molecule has 0 aliphatic heterocycles. The molecule has 55 heavy (non-hydrogen) atoms. The van der Waals surface area contributed by atoms with Crippen LogP contribution in [0, 0.1) is 0 Å². The Hall–Kier alpha value is -5.45. The van der Waals surface area contributed by atoms with E-state index in [0.29, 0.717) is 0 Å². The summed E-state index contributed by atoms with van der Waals surface area (Å²) in [7, 11) is 1.25. The molecule has 0 fully saturated rings. The number of aliphatic imine (C=N–C) groups is 2. The van der Waals surface area contributed by atoms with Crippen LogP contribution in [0.3, 0.4) is 0 Å². The Kier molecular flexibility index (Phi) is 10.1. The van der Waals surface area contributed by atoms with Crippen LogP contribution in [-0.2, 0) is 10.9 Å². The molecule has 5 heteroatoms. The molecule has 0 spiro atoms. The Bertz CT molecular complexity index is 2800. The van der Waals surface area contributed by atoms with Crippen LogP contribution in [0.4, 0.5) is 11.4 Å². The molecule has 0 saturated carbocycles. The van der Waals surface area contributed by atoms with Crippen molar-refractivity contribution < 1.29 is 10.9 Å². The average Bonchev–Trinajstić information content (AvgIpc) is 3.24. The van der Waals surface area contributed by atoms with Gasteiger partial charge in [-0.1, -0.05) is 158 Å². The summed E-state index contributed by atoms with van der Waals surface area (Å²) in [6.45, 7) is 0. The zero-order chi connectivity index (χ0) is 37.1. The summed E-state index contributed by atoms with van der Waals surface area (Å²) in [5.41, 5.74) is 6.19. The number of fused-ring (bicyclic) bond motifs is 6. The minimum absolute atomic E-state index is 0.902. The summed E-state index contributed by atoms with van der Waals surface area (Å²) < 4.78 is 0. The van der Waals surface area contributed by atoms with Gasteiger partial charge in [-0.3, -0.25) is 9.98 Å². The standard InChI is InChI=1S/C50H32N2.2BrH.Ni/c1-11-23-43-33(13-1)25-27-47(51-31-45-39-19-7-3-15-35(39)29-36-16-4-8-20-40(36)45)49(43)50-44-24-12-2-14-34(44)26-28-48(50)52-32-46-41-21-9-5-17-37(41)30-38-18-6-10-22-42(38)46;;;/h1-32H;2*1H;/q;;;+2/p-2. The summed E-state index contributed by atoms with van der Waals surface area (Å²) in [6.07, 6.45) is 4.13. The van der Waals surface area contributed by atoms with Crippen molar-refractivity contribution in [3.05, 3.63) is 193 Å². The van der Waals surface area contributed by atoms with Crippen molar-refractivity contribution in [2.75, 3.05) is 0 Å². The van der Waals surface area contributed by atoms with Gasteiger partial charge >= 0.3 is 39.3 Å². The summed E-state index contributed by atoms with van der Waals surface area (Å²) in [5.74, 6) is 0. The van der Waals surface area contributed by atoms with E-state index in [9.17, 15) is 0 Å². The van der Waals surface area contributed by atoms with Crippen molar-refractivity contribution in [2.45, 2.75) is 0 Å². The fourth-order valence-corrected chi connectivity index (χ4v) is 7.90. The van der Waals surface area contributed by atoms with E-state index in [1.165, 1.54) is 54.0 Å². The maximum absolute atomic E-state index is 5.37. The van der Waals surface area contributed by atoms with Crippen LogP contribution in [0.25, 0.3) is 75.8 Å². The van der Waals surface area contributed by atoms with Gasteiger partial charge in [0.2, 0.25) is 0 Å². The van der Waals surface area contributed by atoms with Gasteiger partial charge in [0.1, 0.15) is 0 Å². The van der Waals surface area contributed by atoms with Gasteiger partial charge in [0.05, 0.1) is 11.4 Å². The topological polar surface area (TPSA) is 24.7 Å². The second-order valence-electron chi connectivity index (χ2n) is 13.4. The SMILES string of the molecule is C(=Nc1ccc2ccccc2c1-c1c(N=Cc2c3ccccc3cc3ccccc23)ccc2ccccc12)c1c2ccccc2cc2ccccc12.[Br][Ni][Br]. The van der Waals surface area contributed by atoms with Crippen molar-refractivity contribution >= 4 is 117 Å². The van der Waals surface area contributed by atoms with Crippen LogP contribution >= 0.6 is 28.5 Å². The molecule has 0 aliphatic rings. The van der Waals surface area contributed by atoms with Gasteiger partial charge in [0, 0.05) is 34.7 Å². The van der Waals surface area contributed by atoms with Crippen LogP contribution in [0.1, 0.15) is 11.1 Å². The quantitative estimate of drug-likeness (QED) is 0.0935. The van der Waals surface area contributed by atoms with Gasteiger partial charge in [-0.05, 0) is 88.9 Å². The number of nitrogens with zero attached hydrogens (tertiary/aromatic N) is 2. The number of rotatable bonds is 5. The normalized spacial score (nSPS) is 11.8. The molecule has 0 aromatic heterocycles. The van der Waals surface area contributed by atoms with Gasteiger partial charge < -0.3 is 0 Å². The number of benzene rings is 10. The molecule has 0 radical (unpaired) electrons. The van der Waals surface area contributed by atoms with Gasteiger partial charge in [0.25, 0.3) is 0 Å². The molecule has 266 valence electrons. The molecule has 0 atom stereocenters. The first kappa shape index (κ1) is 35.3. The number of hydrogen-bond donors (Lipinski definition) is 0. The molecule has 0 amide bonds. The molecule has 0 N–H and O–H groups in total. The Labute approximate surface area is 339 Å². The van der Waals surface area contributed by atoms with Crippen molar-refractivity contribution in [3.63, 3.8) is 0 Å². The van der Waals surface area contributed by atoms with E-state index in [-0.39, 0.29) is 0 Å². The number of hydrogen-bond acceptors (Lipinski definition) is 2. The predicted molar refractivity (Wildman–Crippen MR) is 242 cm³/mol. The van der Waals surface area contributed by atoms with E-state index < -0.39 is 0 Å². The van der Waals surface area contributed by atoms with Gasteiger partial charge in [-0.15, -0.1) is 0 Å². The third-order valence-corrected chi connectivity index (χ3v) is 10.4. The van der Waals surface area contributed by atoms with E-state index in [1.807, 2.05) is 0 Å². The van der Waals surface area contributed by atoms with Crippen molar-refractivity contribution in [3.8, 4) is 11.1 Å². The van der Waals surface area contributed by atoms with Crippen LogP contribution in [0.2, 0.25) is 0 Å². The third kappa shape index (κ3) is 6.78. The second-order valence-corrected chi connectivity index (χ2v) is 18.4. The summed E-state index contributed by atoms with van der Waals surface area (Å²) in [6, 6.07) is 64.8. The molecule has 10 aromatic rings. The molecule has 10 rings (SSSR count). The van der Waals surface area contributed by atoms with E-state index in [4.69, 9.17) is 9.98 Å². The van der Waals surface area contributed by atoms with Crippen molar-refractivity contribution in [2.24, 2.45) is 9.98 Å². The molecule has 0 saturated heterocycles. The average molecular weight is 879 g/mol. The summed E-state index contributed by atoms with van der Waals surface area (Å²) in [5, 5.41) is 14.2. The van der Waals surface area contributed by atoms with E-state index in [2.05, 4.69) is 223 Å². The molecular formula is C50H32Br2N2Ni. The molecule has 10 aromatic carbocycles. The Morgan fingerprint density at radius 3 is 0.927 bits per heavy atom. The molecular weight excluding hydrogens is 847 g/mol. The Morgan fingerprint density at radius 1 is 0.327 bits per heavy atom. The Morgan fingerprint density at radius 2 is 0.600 bits per heavy atom. The molecule has 0 unspecified atom stereocenters.